The minimum atomic E-state index is 0.562. The van der Waals surface area contributed by atoms with E-state index >= 15 is 0 Å². The van der Waals surface area contributed by atoms with Gasteiger partial charge in [-0.05, 0) is 57.8 Å². The Morgan fingerprint density at radius 1 is 0.818 bits per heavy atom. The molecule has 4 N–H and O–H groups in total. The van der Waals surface area contributed by atoms with Gasteiger partial charge in [-0.15, -0.1) is 0 Å². The zero-order valence-corrected chi connectivity index (χ0v) is 15.0. The number of nitrogens with one attached hydrogen (secondary N) is 2. The molecule has 4 aliphatic heterocycles. The Labute approximate surface area is 136 Å². The second-order valence-electron chi connectivity index (χ2n) is 7.61. The lowest BCUT2D eigenvalue weighted by Crippen LogP contribution is -2.64. The van der Waals surface area contributed by atoms with Crippen molar-refractivity contribution < 1.29 is 0 Å². The standard InChI is InChI=1S/C8H16N2.C7H15N3.C2H6/c1-10-6-8(7-10)2-4-9-5-3-8;8-10-5-7(6-10)2-1-3-9-4-7;1-2/h9H,2-7H2,1H3;9H,1-6,8H2;1-2H3. The Balaban J connectivity index is 0.000000144. The van der Waals surface area contributed by atoms with Gasteiger partial charge in [0, 0.05) is 38.1 Å². The molecule has 0 atom stereocenters. The van der Waals surface area contributed by atoms with Crippen molar-refractivity contribution in [1.82, 2.24) is 20.5 Å². The number of hydrogen-bond donors (Lipinski definition) is 3. The molecule has 0 saturated carbocycles. The first kappa shape index (κ1) is 18.1. The smallest absolute Gasteiger partial charge is 0.0210 e. The summed E-state index contributed by atoms with van der Waals surface area (Å²) in [6, 6.07) is 0. The molecule has 4 saturated heterocycles. The molecule has 0 unspecified atom stereocenters. The van der Waals surface area contributed by atoms with E-state index in [2.05, 4.69) is 22.6 Å². The molecule has 0 aromatic heterocycles. The van der Waals surface area contributed by atoms with Crippen LogP contribution in [0.1, 0.15) is 39.5 Å². The maximum atomic E-state index is 5.59. The Kier molecular flexibility index (Phi) is 6.65. The van der Waals surface area contributed by atoms with Crippen molar-refractivity contribution in [2.45, 2.75) is 39.5 Å². The van der Waals surface area contributed by atoms with E-state index in [-0.39, 0.29) is 0 Å². The molecule has 5 heteroatoms. The van der Waals surface area contributed by atoms with Crippen molar-refractivity contribution in [3.8, 4) is 0 Å². The van der Waals surface area contributed by atoms with Crippen LogP contribution < -0.4 is 16.5 Å². The first-order chi connectivity index (χ1) is 10.6. The van der Waals surface area contributed by atoms with E-state index in [4.69, 9.17) is 5.84 Å². The number of nitrogens with zero attached hydrogens (tertiary/aromatic N) is 2. The molecule has 0 aromatic carbocycles. The molecule has 0 amide bonds. The third-order valence-electron chi connectivity index (χ3n) is 5.51. The van der Waals surface area contributed by atoms with Gasteiger partial charge in [-0.25, -0.2) is 5.01 Å². The zero-order chi connectivity index (χ0) is 16.1. The highest BCUT2D eigenvalue weighted by Gasteiger charge is 2.42. The predicted molar refractivity (Wildman–Crippen MR) is 93.7 cm³/mol. The van der Waals surface area contributed by atoms with Crippen LogP contribution in [-0.4, -0.2) is 69.3 Å². The fraction of sp³-hybridized carbons (Fsp3) is 1.00. The maximum Gasteiger partial charge on any atom is 0.0210 e. The maximum absolute atomic E-state index is 5.59. The lowest BCUT2D eigenvalue weighted by Gasteiger charge is -2.51. The van der Waals surface area contributed by atoms with Gasteiger partial charge in [0.15, 0.2) is 0 Å². The number of rotatable bonds is 0. The van der Waals surface area contributed by atoms with Gasteiger partial charge in [-0.3, -0.25) is 5.84 Å². The van der Waals surface area contributed by atoms with Crippen LogP contribution in [0.25, 0.3) is 0 Å². The molecule has 4 rings (SSSR count). The first-order valence-corrected chi connectivity index (χ1v) is 9.21. The average Bonchev–Trinajstić information content (AvgIpc) is 2.49. The number of hydrazine groups is 1. The van der Waals surface area contributed by atoms with Gasteiger partial charge in [-0.1, -0.05) is 13.8 Å². The Hall–Kier alpha value is -0.200. The molecule has 5 nitrogen and oxygen atoms in total. The molecule has 4 heterocycles. The van der Waals surface area contributed by atoms with Crippen LogP contribution in [0.4, 0.5) is 0 Å². The SMILES string of the molecule is CC.CN1CC2(CCNCC2)C1.NN1CC2(CCCNC2)C1. The Morgan fingerprint density at radius 3 is 1.91 bits per heavy atom. The first-order valence-electron chi connectivity index (χ1n) is 9.21. The predicted octanol–water partition coefficient (Wildman–Crippen LogP) is 0.873. The van der Waals surface area contributed by atoms with Crippen LogP contribution in [0.2, 0.25) is 0 Å². The van der Waals surface area contributed by atoms with Gasteiger partial charge in [0.1, 0.15) is 0 Å². The van der Waals surface area contributed by atoms with Gasteiger partial charge in [-0.2, -0.15) is 0 Å². The normalized spacial score (nSPS) is 29.5. The summed E-state index contributed by atoms with van der Waals surface area (Å²) >= 11 is 0. The van der Waals surface area contributed by atoms with Gasteiger partial charge in [0.05, 0.1) is 0 Å². The second kappa shape index (κ2) is 8.06. The van der Waals surface area contributed by atoms with Crippen LogP contribution in [0, 0.1) is 10.8 Å². The summed E-state index contributed by atoms with van der Waals surface area (Å²) in [5.74, 6) is 5.59. The molecule has 22 heavy (non-hydrogen) atoms. The highest BCUT2D eigenvalue weighted by molar-refractivity contribution is 4.96. The summed E-state index contributed by atoms with van der Waals surface area (Å²) in [4.78, 5) is 2.42. The summed E-state index contributed by atoms with van der Waals surface area (Å²) in [5.41, 5.74) is 1.30. The van der Waals surface area contributed by atoms with E-state index in [1.54, 1.807) is 0 Å². The van der Waals surface area contributed by atoms with Gasteiger partial charge in [0.25, 0.3) is 0 Å². The van der Waals surface area contributed by atoms with Crippen molar-refractivity contribution in [3.05, 3.63) is 0 Å². The van der Waals surface area contributed by atoms with E-state index < -0.39 is 0 Å². The average molecular weight is 312 g/mol. The van der Waals surface area contributed by atoms with Crippen LogP contribution in [0.5, 0.6) is 0 Å². The van der Waals surface area contributed by atoms with Crippen LogP contribution in [-0.2, 0) is 0 Å². The second-order valence-corrected chi connectivity index (χ2v) is 7.61. The summed E-state index contributed by atoms with van der Waals surface area (Å²) in [5, 5.41) is 8.73. The highest BCUT2D eigenvalue weighted by atomic mass is 15.4. The summed E-state index contributed by atoms with van der Waals surface area (Å²) in [6.45, 7) is 13.7. The molecule has 0 bridgehead atoms. The molecule has 0 radical (unpaired) electrons. The molecular formula is C17H37N5. The van der Waals surface area contributed by atoms with Gasteiger partial charge >= 0.3 is 0 Å². The monoisotopic (exact) mass is 311 g/mol. The Morgan fingerprint density at radius 2 is 1.45 bits per heavy atom. The lowest BCUT2D eigenvalue weighted by atomic mass is 9.73. The quantitative estimate of drug-likeness (QED) is 0.580. The molecule has 2 spiro atoms. The summed E-state index contributed by atoms with van der Waals surface area (Å²) in [7, 11) is 2.22. The number of nitrogens with two attached hydrogens (primary N) is 1. The molecule has 0 aliphatic carbocycles. The third-order valence-corrected chi connectivity index (χ3v) is 5.51. The fourth-order valence-electron chi connectivity index (χ4n) is 4.49. The number of likely N-dealkylation sites (tertiary alicyclic amines) is 1. The van der Waals surface area contributed by atoms with E-state index in [0.29, 0.717) is 5.41 Å². The summed E-state index contributed by atoms with van der Waals surface area (Å²) in [6.07, 6.45) is 5.50. The number of hydrogen-bond acceptors (Lipinski definition) is 5. The molecule has 4 fully saturated rings. The van der Waals surface area contributed by atoms with Gasteiger partial charge < -0.3 is 15.5 Å². The largest absolute Gasteiger partial charge is 0.317 e. The topological polar surface area (TPSA) is 56.6 Å². The van der Waals surface area contributed by atoms with E-state index in [1.807, 2.05) is 18.9 Å². The summed E-state index contributed by atoms with van der Waals surface area (Å²) < 4.78 is 0. The van der Waals surface area contributed by atoms with Gasteiger partial charge in [0.2, 0.25) is 0 Å². The highest BCUT2D eigenvalue weighted by Crippen LogP contribution is 2.37. The minimum Gasteiger partial charge on any atom is -0.317 e. The van der Waals surface area contributed by atoms with Crippen LogP contribution >= 0.6 is 0 Å². The van der Waals surface area contributed by atoms with Crippen LogP contribution in [0.15, 0.2) is 0 Å². The lowest BCUT2D eigenvalue weighted by molar-refractivity contribution is -0.0179. The molecular weight excluding hydrogens is 274 g/mol. The van der Waals surface area contributed by atoms with E-state index in [1.165, 1.54) is 65.0 Å². The van der Waals surface area contributed by atoms with Crippen molar-refractivity contribution in [3.63, 3.8) is 0 Å². The van der Waals surface area contributed by atoms with E-state index in [9.17, 15) is 0 Å². The van der Waals surface area contributed by atoms with Crippen LogP contribution in [0.3, 0.4) is 0 Å². The Bertz CT molecular complexity index is 258. The molecule has 0 aromatic rings. The van der Waals surface area contributed by atoms with Crippen molar-refractivity contribution in [2.24, 2.45) is 16.7 Å². The fourth-order valence-corrected chi connectivity index (χ4v) is 4.49. The van der Waals surface area contributed by atoms with E-state index in [0.717, 1.165) is 18.5 Å². The number of piperidine rings is 2. The van der Waals surface area contributed by atoms with Crippen molar-refractivity contribution in [2.75, 3.05) is 59.4 Å². The van der Waals surface area contributed by atoms with Crippen molar-refractivity contribution >= 4 is 0 Å². The minimum absolute atomic E-state index is 0.562. The van der Waals surface area contributed by atoms with Crippen molar-refractivity contribution in [1.29, 1.82) is 0 Å². The molecule has 130 valence electrons. The third kappa shape index (κ3) is 4.42. The molecule has 4 aliphatic rings. The zero-order valence-electron chi connectivity index (χ0n) is 15.0.